The molecule has 19 heavy (non-hydrogen) atoms. The summed E-state index contributed by atoms with van der Waals surface area (Å²) in [6.45, 7) is 5.37. The monoisotopic (exact) mass is 350 g/mol. The molecule has 5 nitrogen and oxygen atoms in total. The number of sulfonamides is 1. The highest BCUT2D eigenvalue weighted by Crippen LogP contribution is 2.26. The lowest BCUT2D eigenvalue weighted by Gasteiger charge is -2.21. The lowest BCUT2D eigenvalue weighted by molar-refractivity contribution is 0.135. The first-order valence-corrected chi connectivity index (χ1v) is 8.29. The van der Waals surface area contributed by atoms with Crippen molar-refractivity contribution < 1.29 is 13.2 Å². The van der Waals surface area contributed by atoms with E-state index in [1.165, 1.54) is 10.4 Å². The fourth-order valence-corrected chi connectivity index (χ4v) is 4.11. The van der Waals surface area contributed by atoms with Crippen molar-refractivity contribution in [3.63, 3.8) is 0 Å². The molecular formula is C12H19BrN2O3S. The van der Waals surface area contributed by atoms with Crippen LogP contribution in [0.4, 0.5) is 5.69 Å². The van der Waals surface area contributed by atoms with E-state index in [4.69, 9.17) is 10.5 Å². The molecule has 0 fully saturated rings. The van der Waals surface area contributed by atoms with Gasteiger partial charge in [0.15, 0.2) is 0 Å². The number of nitrogen functional groups attached to an aromatic ring is 1. The van der Waals surface area contributed by atoms with E-state index in [1.807, 2.05) is 6.92 Å². The molecule has 0 saturated carbocycles. The van der Waals surface area contributed by atoms with Crippen LogP contribution in [0.3, 0.4) is 0 Å². The molecule has 0 unspecified atom stereocenters. The van der Waals surface area contributed by atoms with Crippen LogP contribution >= 0.6 is 15.9 Å². The van der Waals surface area contributed by atoms with Gasteiger partial charge in [0.2, 0.25) is 10.0 Å². The van der Waals surface area contributed by atoms with Crippen molar-refractivity contribution >= 4 is 31.6 Å². The van der Waals surface area contributed by atoms with E-state index in [0.717, 1.165) is 0 Å². The van der Waals surface area contributed by atoms with E-state index < -0.39 is 10.0 Å². The van der Waals surface area contributed by atoms with Crippen LogP contribution in [0.1, 0.15) is 13.8 Å². The minimum Gasteiger partial charge on any atom is -0.399 e. The van der Waals surface area contributed by atoms with E-state index >= 15 is 0 Å². The van der Waals surface area contributed by atoms with Crippen molar-refractivity contribution in [1.29, 1.82) is 0 Å². The van der Waals surface area contributed by atoms with Gasteiger partial charge in [-0.3, -0.25) is 0 Å². The van der Waals surface area contributed by atoms with Crippen LogP contribution in [0, 0.1) is 0 Å². The van der Waals surface area contributed by atoms with Crippen molar-refractivity contribution in [2.45, 2.75) is 18.7 Å². The highest BCUT2D eigenvalue weighted by Gasteiger charge is 2.25. The van der Waals surface area contributed by atoms with Gasteiger partial charge in [0.1, 0.15) is 0 Å². The maximum Gasteiger partial charge on any atom is 0.244 e. The number of hydrogen-bond donors (Lipinski definition) is 1. The highest BCUT2D eigenvalue weighted by molar-refractivity contribution is 9.10. The summed E-state index contributed by atoms with van der Waals surface area (Å²) in [6.07, 6.45) is 0. The van der Waals surface area contributed by atoms with Crippen LogP contribution < -0.4 is 5.73 Å². The third-order valence-electron chi connectivity index (χ3n) is 2.62. The first-order valence-electron chi connectivity index (χ1n) is 6.06. The average molecular weight is 351 g/mol. The maximum absolute atomic E-state index is 12.5. The lowest BCUT2D eigenvalue weighted by atomic mass is 10.3. The fourth-order valence-electron chi connectivity index (χ4n) is 1.62. The van der Waals surface area contributed by atoms with Crippen molar-refractivity contribution in [3.05, 3.63) is 22.7 Å². The molecular weight excluding hydrogens is 332 g/mol. The summed E-state index contributed by atoms with van der Waals surface area (Å²) in [5.41, 5.74) is 6.14. The second-order valence-electron chi connectivity index (χ2n) is 3.88. The van der Waals surface area contributed by atoms with Crippen LogP contribution in [0.15, 0.2) is 27.6 Å². The van der Waals surface area contributed by atoms with Crippen LogP contribution in [0.5, 0.6) is 0 Å². The minimum absolute atomic E-state index is 0.222. The summed E-state index contributed by atoms with van der Waals surface area (Å²) in [6, 6.07) is 4.68. The molecule has 0 aromatic heterocycles. The van der Waals surface area contributed by atoms with Gasteiger partial charge in [0.25, 0.3) is 0 Å². The molecule has 0 aliphatic rings. The van der Waals surface area contributed by atoms with Gasteiger partial charge in [-0.25, -0.2) is 8.42 Å². The third kappa shape index (κ3) is 4.17. The van der Waals surface area contributed by atoms with E-state index in [9.17, 15) is 8.42 Å². The molecule has 0 atom stereocenters. The summed E-state index contributed by atoms with van der Waals surface area (Å²) in [7, 11) is -3.53. The second kappa shape index (κ2) is 7.23. The summed E-state index contributed by atoms with van der Waals surface area (Å²) in [5, 5.41) is 0. The van der Waals surface area contributed by atoms with Gasteiger partial charge in [-0.2, -0.15) is 4.31 Å². The Morgan fingerprint density at radius 2 is 2.05 bits per heavy atom. The van der Waals surface area contributed by atoms with Crippen LogP contribution in [-0.2, 0) is 14.8 Å². The Hall–Kier alpha value is -0.630. The topological polar surface area (TPSA) is 72.6 Å². The molecule has 0 amide bonds. The Bertz CT molecular complexity index is 520. The molecule has 0 aliphatic carbocycles. The van der Waals surface area contributed by atoms with E-state index in [1.54, 1.807) is 19.1 Å². The predicted octanol–water partition coefficient (Wildman–Crippen LogP) is 2.08. The van der Waals surface area contributed by atoms with Gasteiger partial charge in [-0.05, 0) is 41.1 Å². The Kier molecular flexibility index (Phi) is 6.25. The quantitative estimate of drug-likeness (QED) is 0.603. The summed E-state index contributed by atoms with van der Waals surface area (Å²) >= 11 is 3.25. The molecule has 0 spiro atoms. The van der Waals surface area contributed by atoms with Gasteiger partial charge in [-0.15, -0.1) is 0 Å². The number of likely N-dealkylation sites (N-methyl/N-ethyl adjacent to an activating group) is 1. The Morgan fingerprint density at radius 1 is 1.37 bits per heavy atom. The lowest BCUT2D eigenvalue weighted by Crippen LogP contribution is -2.34. The summed E-state index contributed by atoms with van der Waals surface area (Å²) in [5.74, 6) is 0. The minimum atomic E-state index is -3.53. The Labute approximate surface area is 122 Å². The first kappa shape index (κ1) is 16.4. The average Bonchev–Trinajstić information content (AvgIpc) is 2.33. The fraction of sp³-hybridized carbons (Fsp3) is 0.500. The van der Waals surface area contributed by atoms with Crippen LogP contribution in [0.25, 0.3) is 0 Å². The van der Waals surface area contributed by atoms with Gasteiger partial charge in [0.05, 0.1) is 11.5 Å². The van der Waals surface area contributed by atoms with Crippen molar-refractivity contribution in [3.8, 4) is 0 Å². The molecule has 0 radical (unpaired) electrons. The zero-order valence-electron chi connectivity index (χ0n) is 11.1. The van der Waals surface area contributed by atoms with Gasteiger partial charge >= 0.3 is 0 Å². The second-order valence-corrected chi connectivity index (χ2v) is 6.64. The molecule has 108 valence electrons. The highest BCUT2D eigenvalue weighted by atomic mass is 79.9. The first-order chi connectivity index (χ1) is 8.93. The normalized spacial score (nSPS) is 12.0. The zero-order valence-corrected chi connectivity index (χ0v) is 13.5. The number of ether oxygens (including phenoxy) is 1. The number of benzene rings is 1. The smallest absolute Gasteiger partial charge is 0.244 e. The Balaban J connectivity index is 2.99. The number of hydrogen-bond acceptors (Lipinski definition) is 4. The number of halogens is 1. The molecule has 1 aromatic rings. The maximum atomic E-state index is 12.5. The molecule has 0 heterocycles. The van der Waals surface area contributed by atoms with Gasteiger partial charge in [0, 0.05) is 29.9 Å². The molecule has 7 heteroatoms. The largest absolute Gasteiger partial charge is 0.399 e. The molecule has 2 N–H and O–H groups in total. The number of nitrogens with zero attached hydrogens (tertiary/aromatic N) is 1. The number of anilines is 1. The zero-order chi connectivity index (χ0) is 14.5. The predicted molar refractivity (Wildman–Crippen MR) is 79.5 cm³/mol. The van der Waals surface area contributed by atoms with Crippen molar-refractivity contribution in [2.75, 3.05) is 32.0 Å². The van der Waals surface area contributed by atoms with E-state index in [-0.39, 0.29) is 4.90 Å². The van der Waals surface area contributed by atoms with Gasteiger partial charge < -0.3 is 10.5 Å². The van der Waals surface area contributed by atoms with Crippen molar-refractivity contribution in [2.24, 2.45) is 0 Å². The number of rotatable bonds is 7. The summed E-state index contributed by atoms with van der Waals surface area (Å²) in [4.78, 5) is 0.222. The molecule has 1 aromatic carbocycles. The SMILES string of the molecule is CCOCCN(CC)S(=O)(=O)c1ccc(N)cc1Br. The summed E-state index contributed by atoms with van der Waals surface area (Å²) < 4.78 is 32.0. The molecule has 1 rings (SSSR count). The molecule has 0 bridgehead atoms. The van der Waals surface area contributed by atoms with Crippen LogP contribution in [0.2, 0.25) is 0 Å². The van der Waals surface area contributed by atoms with E-state index in [0.29, 0.717) is 36.5 Å². The molecule has 0 aliphatic heterocycles. The van der Waals surface area contributed by atoms with E-state index in [2.05, 4.69) is 15.9 Å². The van der Waals surface area contributed by atoms with Crippen LogP contribution in [-0.4, -0.2) is 39.0 Å². The number of nitrogens with two attached hydrogens (primary N) is 1. The third-order valence-corrected chi connectivity index (χ3v) is 5.57. The molecule has 0 saturated heterocycles. The van der Waals surface area contributed by atoms with Gasteiger partial charge in [-0.1, -0.05) is 6.92 Å². The Morgan fingerprint density at radius 3 is 2.58 bits per heavy atom. The van der Waals surface area contributed by atoms with Crippen molar-refractivity contribution in [1.82, 2.24) is 4.31 Å². The standard InChI is InChI=1S/C12H19BrN2O3S/c1-3-15(7-8-18-4-2)19(16,17)12-6-5-10(14)9-11(12)13/h5-6,9H,3-4,7-8,14H2,1-2H3.